The van der Waals surface area contributed by atoms with E-state index in [1.54, 1.807) is 16.5 Å². The molecule has 0 aliphatic carbocycles. The highest BCUT2D eigenvalue weighted by atomic mass is 16.5. The molecule has 9 nitrogen and oxygen atoms in total. The Labute approximate surface area is 191 Å². The van der Waals surface area contributed by atoms with Gasteiger partial charge in [0.15, 0.2) is 5.65 Å². The van der Waals surface area contributed by atoms with Crippen LogP contribution in [-0.2, 0) is 4.74 Å². The number of pyridine rings is 1. The van der Waals surface area contributed by atoms with E-state index in [0.717, 1.165) is 22.5 Å². The van der Waals surface area contributed by atoms with Gasteiger partial charge in [0.1, 0.15) is 5.75 Å². The summed E-state index contributed by atoms with van der Waals surface area (Å²) in [5.41, 5.74) is 4.17. The molecule has 168 valence electrons. The number of para-hydroxylation sites is 2. The summed E-state index contributed by atoms with van der Waals surface area (Å²) in [4.78, 5) is 18.8. The van der Waals surface area contributed by atoms with Crippen LogP contribution in [0.4, 0.5) is 22.1 Å². The van der Waals surface area contributed by atoms with Crippen LogP contribution in [0.15, 0.2) is 66.9 Å². The Bertz CT molecular complexity index is 1280. The lowest BCUT2D eigenvalue weighted by molar-refractivity contribution is 0.0564. The molecule has 2 aromatic carbocycles. The van der Waals surface area contributed by atoms with Gasteiger partial charge in [0.2, 0.25) is 5.95 Å². The molecule has 1 fully saturated rings. The van der Waals surface area contributed by atoms with Gasteiger partial charge < -0.3 is 25.0 Å². The van der Waals surface area contributed by atoms with Gasteiger partial charge in [-0.05, 0) is 42.0 Å². The number of carbonyl (C=O) groups is 1. The number of methoxy groups -OCH3 is 1. The van der Waals surface area contributed by atoms with Crippen LogP contribution >= 0.6 is 0 Å². The van der Waals surface area contributed by atoms with Crippen LogP contribution in [0, 0.1) is 0 Å². The highest BCUT2D eigenvalue weighted by Gasteiger charge is 2.17. The normalized spacial score (nSPS) is 13.7. The van der Waals surface area contributed by atoms with Gasteiger partial charge in [-0.1, -0.05) is 24.3 Å². The van der Waals surface area contributed by atoms with Gasteiger partial charge in [-0.2, -0.15) is 4.98 Å². The number of benzene rings is 2. The molecule has 0 spiro atoms. The highest BCUT2D eigenvalue weighted by Crippen LogP contribution is 2.27. The van der Waals surface area contributed by atoms with Crippen molar-refractivity contribution in [1.29, 1.82) is 0 Å². The zero-order chi connectivity index (χ0) is 22.6. The average Bonchev–Trinajstić information content (AvgIpc) is 3.26. The Kier molecular flexibility index (Phi) is 5.77. The summed E-state index contributed by atoms with van der Waals surface area (Å²) in [6, 6.07) is 19.1. The Morgan fingerprint density at radius 3 is 2.73 bits per heavy atom. The molecule has 0 atom stereocenters. The maximum atomic E-state index is 12.5. The topological polar surface area (TPSA) is 93.0 Å². The minimum atomic E-state index is -0.116. The van der Waals surface area contributed by atoms with Crippen LogP contribution in [0.1, 0.15) is 0 Å². The molecule has 2 aromatic heterocycles. The molecule has 9 heteroatoms. The van der Waals surface area contributed by atoms with Crippen LogP contribution in [0.25, 0.3) is 16.8 Å². The second-order valence-electron chi connectivity index (χ2n) is 7.59. The molecule has 33 heavy (non-hydrogen) atoms. The monoisotopic (exact) mass is 444 g/mol. The molecule has 2 amide bonds. The first-order chi connectivity index (χ1) is 16.2. The number of hydrogen-bond acceptors (Lipinski definition) is 6. The Hall–Kier alpha value is -4.11. The van der Waals surface area contributed by atoms with Crippen LogP contribution < -0.4 is 15.4 Å². The zero-order valence-electron chi connectivity index (χ0n) is 18.2. The molecule has 0 radical (unpaired) electrons. The maximum Gasteiger partial charge on any atom is 0.321 e. The number of anilines is 3. The molecule has 0 unspecified atom stereocenters. The highest BCUT2D eigenvalue weighted by molar-refractivity contribution is 5.90. The largest absolute Gasteiger partial charge is 0.495 e. The van der Waals surface area contributed by atoms with Crippen molar-refractivity contribution in [3.8, 4) is 16.9 Å². The number of ether oxygens (including phenoxy) is 2. The number of urea groups is 1. The van der Waals surface area contributed by atoms with Gasteiger partial charge in [-0.25, -0.2) is 9.31 Å². The summed E-state index contributed by atoms with van der Waals surface area (Å²) in [7, 11) is 1.63. The lowest BCUT2D eigenvalue weighted by Crippen LogP contribution is -2.43. The zero-order valence-corrected chi connectivity index (χ0v) is 18.2. The average molecular weight is 444 g/mol. The SMILES string of the molecule is COc1ccccc1Nc1nc2ccc(-c3cccc(NC(=O)N4CCOCC4)c3)cn2n1. The summed E-state index contributed by atoms with van der Waals surface area (Å²) >= 11 is 0. The number of hydrogen-bond donors (Lipinski definition) is 2. The van der Waals surface area contributed by atoms with E-state index in [1.807, 2.05) is 66.9 Å². The van der Waals surface area contributed by atoms with Crippen molar-refractivity contribution in [3.63, 3.8) is 0 Å². The van der Waals surface area contributed by atoms with Crippen molar-refractivity contribution < 1.29 is 14.3 Å². The molecule has 3 heterocycles. The molecule has 1 aliphatic heterocycles. The van der Waals surface area contributed by atoms with Crippen LogP contribution in [0.5, 0.6) is 5.75 Å². The van der Waals surface area contributed by atoms with Gasteiger partial charge in [0.25, 0.3) is 0 Å². The van der Waals surface area contributed by atoms with E-state index >= 15 is 0 Å². The fourth-order valence-electron chi connectivity index (χ4n) is 3.72. The summed E-state index contributed by atoms with van der Waals surface area (Å²) in [6.45, 7) is 2.33. The van der Waals surface area contributed by atoms with E-state index in [1.165, 1.54) is 0 Å². The predicted molar refractivity (Wildman–Crippen MR) is 126 cm³/mol. The lowest BCUT2D eigenvalue weighted by atomic mass is 10.1. The third-order valence-electron chi connectivity index (χ3n) is 5.43. The minimum Gasteiger partial charge on any atom is -0.495 e. The van der Waals surface area contributed by atoms with E-state index in [2.05, 4.69) is 20.7 Å². The molecular weight excluding hydrogens is 420 g/mol. The lowest BCUT2D eigenvalue weighted by Gasteiger charge is -2.27. The van der Waals surface area contributed by atoms with Gasteiger partial charge in [-0.3, -0.25) is 0 Å². The number of aromatic nitrogens is 3. The minimum absolute atomic E-state index is 0.116. The standard InChI is InChI=1S/C24H24N6O3/c1-32-21-8-3-2-7-20(21)26-23-27-22-10-9-18(16-30(22)28-23)17-5-4-6-19(15-17)25-24(31)29-11-13-33-14-12-29/h2-10,15-16H,11-14H2,1H3,(H,25,31)(H,26,28). The quantitative estimate of drug-likeness (QED) is 0.483. The van der Waals surface area contributed by atoms with E-state index < -0.39 is 0 Å². The Morgan fingerprint density at radius 1 is 1.03 bits per heavy atom. The summed E-state index contributed by atoms with van der Waals surface area (Å²) < 4.78 is 12.4. The van der Waals surface area contributed by atoms with Gasteiger partial charge in [0, 0.05) is 30.5 Å². The first-order valence-electron chi connectivity index (χ1n) is 10.7. The van der Waals surface area contributed by atoms with E-state index in [-0.39, 0.29) is 6.03 Å². The molecule has 1 saturated heterocycles. The van der Waals surface area contributed by atoms with Crippen molar-refractivity contribution in [2.45, 2.75) is 0 Å². The van der Waals surface area contributed by atoms with Crippen LogP contribution in [0.3, 0.4) is 0 Å². The van der Waals surface area contributed by atoms with Crippen LogP contribution in [-0.4, -0.2) is 58.9 Å². The molecule has 0 bridgehead atoms. The van der Waals surface area contributed by atoms with Crippen molar-refractivity contribution >= 4 is 29.0 Å². The summed E-state index contributed by atoms with van der Waals surface area (Å²) in [6.07, 6.45) is 1.92. The summed E-state index contributed by atoms with van der Waals surface area (Å²) in [5.74, 6) is 1.19. The van der Waals surface area contributed by atoms with Crippen molar-refractivity contribution in [1.82, 2.24) is 19.5 Å². The molecular formula is C24H24N6O3. The second-order valence-corrected chi connectivity index (χ2v) is 7.59. The van der Waals surface area contributed by atoms with Crippen molar-refractivity contribution in [3.05, 3.63) is 66.9 Å². The molecule has 5 rings (SSSR count). The first-order valence-corrected chi connectivity index (χ1v) is 10.7. The number of fused-ring (bicyclic) bond motifs is 1. The van der Waals surface area contributed by atoms with Gasteiger partial charge >= 0.3 is 6.03 Å². The first kappa shape index (κ1) is 20.8. The number of rotatable bonds is 5. The number of nitrogens with zero attached hydrogens (tertiary/aromatic N) is 4. The fraction of sp³-hybridized carbons (Fsp3) is 0.208. The van der Waals surface area contributed by atoms with Gasteiger partial charge in [-0.15, -0.1) is 5.10 Å². The Morgan fingerprint density at radius 2 is 1.88 bits per heavy atom. The number of nitrogens with one attached hydrogen (secondary N) is 2. The molecule has 0 saturated carbocycles. The van der Waals surface area contributed by atoms with E-state index in [4.69, 9.17) is 9.47 Å². The van der Waals surface area contributed by atoms with Crippen molar-refractivity contribution in [2.75, 3.05) is 44.0 Å². The molecule has 4 aromatic rings. The molecule has 2 N–H and O–H groups in total. The molecule has 1 aliphatic rings. The van der Waals surface area contributed by atoms with Crippen LogP contribution in [0.2, 0.25) is 0 Å². The van der Waals surface area contributed by atoms with E-state index in [9.17, 15) is 4.79 Å². The summed E-state index contributed by atoms with van der Waals surface area (Å²) in [5, 5.41) is 10.7. The third kappa shape index (κ3) is 4.58. The Balaban J connectivity index is 1.35. The maximum absolute atomic E-state index is 12.5. The van der Waals surface area contributed by atoms with Gasteiger partial charge in [0.05, 0.1) is 26.0 Å². The number of amides is 2. The number of morpholine rings is 1. The third-order valence-corrected chi connectivity index (χ3v) is 5.43. The van der Waals surface area contributed by atoms with E-state index in [0.29, 0.717) is 43.6 Å². The predicted octanol–water partition coefficient (Wildman–Crippen LogP) is 4.01. The fourth-order valence-corrected chi connectivity index (χ4v) is 3.72. The second kappa shape index (κ2) is 9.17. The van der Waals surface area contributed by atoms with Crippen molar-refractivity contribution in [2.24, 2.45) is 0 Å². The number of carbonyl (C=O) groups excluding carboxylic acids is 1. The smallest absolute Gasteiger partial charge is 0.321 e.